The molecule has 0 spiro atoms. The standard InChI is InChI=1S/C17H21N3O5/c1-10-4-3-5-13(11(10)2)18-16(21)9-19-14-8-12(20(23)24)6-7-15(14)25-17(19)22/h6-8,10-11,13H,3-5,9H2,1-2H3,(H,18,21). The fourth-order valence-electron chi connectivity index (χ4n) is 3.50. The highest BCUT2D eigenvalue weighted by Crippen LogP contribution is 2.29. The Kier molecular flexibility index (Phi) is 4.61. The quantitative estimate of drug-likeness (QED) is 0.675. The summed E-state index contributed by atoms with van der Waals surface area (Å²) >= 11 is 0. The Balaban J connectivity index is 1.81. The van der Waals surface area contributed by atoms with Crippen LogP contribution in [0.25, 0.3) is 11.1 Å². The largest absolute Gasteiger partial charge is 0.420 e. The number of carbonyl (C=O) groups is 1. The molecule has 1 N–H and O–H groups in total. The highest BCUT2D eigenvalue weighted by atomic mass is 16.6. The topological polar surface area (TPSA) is 107 Å². The van der Waals surface area contributed by atoms with Crippen molar-refractivity contribution < 1.29 is 14.1 Å². The van der Waals surface area contributed by atoms with E-state index in [1.807, 2.05) is 0 Å². The number of rotatable bonds is 4. The van der Waals surface area contributed by atoms with E-state index < -0.39 is 10.7 Å². The molecular formula is C17H21N3O5. The molecule has 134 valence electrons. The van der Waals surface area contributed by atoms with E-state index in [0.29, 0.717) is 11.8 Å². The Hall–Kier alpha value is -2.64. The lowest BCUT2D eigenvalue weighted by Gasteiger charge is -2.34. The molecule has 1 heterocycles. The third kappa shape index (κ3) is 3.42. The zero-order chi connectivity index (χ0) is 18.1. The molecule has 3 unspecified atom stereocenters. The Morgan fingerprint density at radius 1 is 1.40 bits per heavy atom. The Bertz CT molecular complexity index is 869. The zero-order valence-corrected chi connectivity index (χ0v) is 14.2. The Morgan fingerprint density at radius 2 is 2.16 bits per heavy atom. The first kappa shape index (κ1) is 17.2. The zero-order valence-electron chi connectivity index (χ0n) is 14.2. The van der Waals surface area contributed by atoms with E-state index in [1.54, 1.807) is 0 Å². The average Bonchev–Trinajstić information content (AvgIpc) is 2.87. The molecule has 1 aliphatic rings. The summed E-state index contributed by atoms with van der Waals surface area (Å²) in [6.45, 7) is 4.08. The minimum Gasteiger partial charge on any atom is -0.408 e. The van der Waals surface area contributed by atoms with Gasteiger partial charge in [0.25, 0.3) is 5.69 Å². The van der Waals surface area contributed by atoms with Gasteiger partial charge in [-0.25, -0.2) is 4.79 Å². The van der Waals surface area contributed by atoms with Crippen LogP contribution in [-0.2, 0) is 11.3 Å². The van der Waals surface area contributed by atoms with Crippen molar-refractivity contribution in [1.82, 2.24) is 9.88 Å². The van der Waals surface area contributed by atoms with Crippen molar-refractivity contribution in [2.75, 3.05) is 0 Å². The number of nitrogens with one attached hydrogen (secondary N) is 1. The first-order valence-electron chi connectivity index (χ1n) is 8.44. The lowest BCUT2D eigenvalue weighted by atomic mass is 9.78. The molecule has 1 aromatic heterocycles. The van der Waals surface area contributed by atoms with E-state index >= 15 is 0 Å². The number of benzene rings is 1. The first-order valence-corrected chi connectivity index (χ1v) is 8.44. The van der Waals surface area contributed by atoms with Gasteiger partial charge in [0.1, 0.15) is 6.54 Å². The van der Waals surface area contributed by atoms with Crippen LogP contribution in [0.5, 0.6) is 0 Å². The second-order valence-electron chi connectivity index (χ2n) is 6.80. The monoisotopic (exact) mass is 347 g/mol. The van der Waals surface area contributed by atoms with Gasteiger partial charge in [-0.2, -0.15) is 0 Å². The second kappa shape index (κ2) is 6.70. The molecule has 8 heteroatoms. The number of non-ortho nitro benzene ring substituents is 1. The van der Waals surface area contributed by atoms with Crippen molar-refractivity contribution in [3.05, 3.63) is 38.9 Å². The summed E-state index contributed by atoms with van der Waals surface area (Å²) in [5, 5.41) is 13.9. The highest BCUT2D eigenvalue weighted by molar-refractivity contribution is 5.80. The van der Waals surface area contributed by atoms with Crippen LogP contribution in [0.3, 0.4) is 0 Å². The van der Waals surface area contributed by atoms with Crippen molar-refractivity contribution >= 4 is 22.7 Å². The van der Waals surface area contributed by atoms with Gasteiger partial charge in [-0.05, 0) is 24.3 Å². The SMILES string of the molecule is CC1CCCC(NC(=O)Cn2c(=O)oc3ccc([N+](=O)[O-])cc32)C1C. The predicted molar refractivity (Wildman–Crippen MR) is 91.2 cm³/mol. The number of nitro groups is 1. The average molecular weight is 347 g/mol. The van der Waals surface area contributed by atoms with Crippen LogP contribution in [0.4, 0.5) is 5.69 Å². The van der Waals surface area contributed by atoms with Gasteiger partial charge in [0, 0.05) is 18.2 Å². The molecule has 0 bridgehead atoms. The van der Waals surface area contributed by atoms with Crippen LogP contribution in [0.2, 0.25) is 0 Å². The Morgan fingerprint density at radius 3 is 2.88 bits per heavy atom. The summed E-state index contributed by atoms with van der Waals surface area (Å²) in [5.74, 6) is -0.0752. The second-order valence-corrected chi connectivity index (χ2v) is 6.80. The molecule has 1 aromatic carbocycles. The highest BCUT2D eigenvalue weighted by Gasteiger charge is 2.28. The van der Waals surface area contributed by atoms with E-state index in [9.17, 15) is 19.7 Å². The number of amides is 1. The van der Waals surface area contributed by atoms with E-state index in [2.05, 4.69) is 19.2 Å². The van der Waals surface area contributed by atoms with Gasteiger partial charge in [-0.3, -0.25) is 19.5 Å². The molecule has 3 atom stereocenters. The van der Waals surface area contributed by atoms with Crippen LogP contribution in [0.15, 0.2) is 27.4 Å². The molecule has 1 amide bonds. The number of fused-ring (bicyclic) bond motifs is 1. The van der Waals surface area contributed by atoms with Crippen molar-refractivity contribution in [1.29, 1.82) is 0 Å². The van der Waals surface area contributed by atoms with E-state index in [-0.39, 0.29) is 35.3 Å². The van der Waals surface area contributed by atoms with E-state index in [1.165, 1.54) is 18.2 Å². The summed E-state index contributed by atoms with van der Waals surface area (Å²) in [4.78, 5) is 34.8. The molecule has 0 radical (unpaired) electrons. The van der Waals surface area contributed by atoms with Gasteiger partial charge < -0.3 is 9.73 Å². The van der Waals surface area contributed by atoms with Crippen LogP contribution < -0.4 is 11.1 Å². The van der Waals surface area contributed by atoms with E-state index in [4.69, 9.17) is 4.42 Å². The number of nitrogens with zero attached hydrogens (tertiary/aromatic N) is 2. The maximum atomic E-state index is 12.4. The molecule has 1 saturated carbocycles. The minimum atomic E-state index is -0.698. The van der Waals surface area contributed by atoms with Gasteiger partial charge in [-0.1, -0.05) is 26.7 Å². The maximum Gasteiger partial charge on any atom is 0.420 e. The fraction of sp³-hybridized carbons (Fsp3) is 0.529. The molecule has 1 fully saturated rings. The van der Waals surface area contributed by atoms with Gasteiger partial charge in [0.2, 0.25) is 5.91 Å². The van der Waals surface area contributed by atoms with Gasteiger partial charge in [-0.15, -0.1) is 0 Å². The van der Waals surface area contributed by atoms with Crippen molar-refractivity contribution in [2.45, 2.75) is 45.7 Å². The van der Waals surface area contributed by atoms with Crippen molar-refractivity contribution in [2.24, 2.45) is 11.8 Å². The third-order valence-corrected chi connectivity index (χ3v) is 5.22. The normalized spacial score (nSPS) is 23.5. The molecule has 0 aliphatic heterocycles. The first-order chi connectivity index (χ1) is 11.9. The van der Waals surface area contributed by atoms with Crippen LogP contribution in [0, 0.1) is 22.0 Å². The molecule has 1 aliphatic carbocycles. The lowest BCUT2D eigenvalue weighted by molar-refractivity contribution is -0.384. The number of carbonyl (C=O) groups excluding carboxylic acids is 1. The molecule has 25 heavy (non-hydrogen) atoms. The third-order valence-electron chi connectivity index (χ3n) is 5.22. The number of nitro benzene ring substituents is 1. The summed E-state index contributed by atoms with van der Waals surface area (Å²) in [7, 11) is 0. The summed E-state index contributed by atoms with van der Waals surface area (Å²) in [6.07, 6.45) is 3.14. The van der Waals surface area contributed by atoms with Crippen LogP contribution in [0.1, 0.15) is 33.1 Å². The van der Waals surface area contributed by atoms with Crippen molar-refractivity contribution in [3.63, 3.8) is 0 Å². The molecule has 0 saturated heterocycles. The van der Waals surface area contributed by atoms with Crippen LogP contribution >= 0.6 is 0 Å². The molecule has 3 rings (SSSR count). The lowest BCUT2D eigenvalue weighted by Crippen LogP contribution is -2.45. The van der Waals surface area contributed by atoms with Gasteiger partial charge in [0.05, 0.1) is 10.4 Å². The molecule has 2 aromatic rings. The smallest absolute Gasteiger partial charge is 0.408 e. The Labute approximate surface area is 144 Å². The van der Waals surface area contributed by atoms with Crippen LogP contribution in [-0.4, -0.2) is 21.4 Å². The minimum absolute atomic E-state index is 0.0828. The van der Waals surface area contributed by atoms with Crippen molar-refractivity contribution in [3.8, 4) is 0 Å². The molecule has 8 nitrogen and oxygen atoms in total. The van der Waals surface area contributed by atoms with Gasteiger partial charge >= 0.3 is 5.76 Å². The predicted octanol–water partition coefficient (Wildman–Crippen LogP) is 2.44. The summed E-state index contributed by atoms with van der Waals surface area (Å²) < 4.78 is 6.20. The number of hydrogen-bond acceptors (Lipinski definition) is 5. The van der Waals surface area contributed by atoms with Gasteiger partial charge in [0.15, 0.2) is 5.58 Å². The number of oxazole rings is 1. The molecular weight excluding hydrogens is 326 g/mol. The number of hydrogen-bond donors (Lipinski definition) is 1. The maximum absolute atomic E-state index is 12.4. The summed E-state index contributed by atoms with van der Waals surface area (Å²) in [6, 6.07) is 3.97. The fourth-order valence-corrected chi connectivity index (χ4v) is 3.50. The number of aromatic nitrogens is 1. The van der Waals surface area contributed by atoms with E-state index in [0.717, 1.165) is 23.8 Å². The summed E-state index contributed by atoms with van der Waals surface area (Å²) in [5.41, 5.74) is 0.319.